The number of rotatable bonds is 1. The van der Waals surface area contributed by atoms with E-state index in [0.29, 0.717) is 19.6 Å². The molecule has 0 aromatic rings. The lowest BCUT2D eigenvalue weighted by molar-refractivity contribution is -0.159. The van der Waals surface area contributed by atoms with Gasteiger partial charge in [0.1, 0.15) is 0 Å². The molecule has 1 aliphatic carbocycles. The number of carbonyl (C=O) groups is 2. The van der Waals surface area contributed by atoms with Gasteiger partial charge in [0, 0.05) is 51.4 Å². The van der Waals surface area contributed by atoms with Crippen molar-refractivity contribution in [1.82, 2.24) is 9.80 Å². The van der Waals surface area contributed by atoms with E-state index < -0.39 is 11.8 Å². The van der Waals surface area contributed by atoms with E-state index in [1.54, 1.807) is 16.8 Å². The van der Waals surface area contributed by atoms with Crippen molar-refractivity contribution in [1.29, 1.82) is 0 Å². The van der Waals surface area contributed by atoms with Gasteiger partial charge in [-0.15, -0.1) is 0 Å². The first-order valence-electron chi connectivity index (χ1n) is 6.29. The fourth-order valence-corrected chi connectivity index (χ4v) is 3.33. The van der Waals surface area contributed by atoms with Gasteiger partial charge in [0.15, 0.2) is 0 Å². The topological polar surface area (TPSA) is 40.6 Å². The third-order valence-corrected chi connectivity index (χ3v) is 4.39. The summed E-state index contributed by atoms with van der Waals surface area (Å²) in [6.45, 7) is 1.63. The van der Waals surface area contributed by atoms with Crippen LogP contribution in [-0.4, -0.2) is 54.2 Å². The predicted molar refractivity (Wildman–Crippen MR) is 58.9 cm³/mol. The molecule has 3 aliphatic rings. The number of hydrogen-bond donors (Lipinski definition) is 0. The Morgan fingerprint density at radius 1 is 1.28 bits per heavy atom. The van der Waals surface area contributed by atoms with Crippen LogP contribution in [0.15, 0.2) is 0 Å². The molecule has 2 amide bonds. The summed E-state index contributed by atoms with van der Waals surface area (Å²) in [6.07, 6.45) is -0.656. The second-order valence-corrected chi connectivity index (χ2v) is 5.79. The Labute approximate surface area is 104 Å². The highest BCUT2D eigenvalue weighted by molar-refractivity contribution is 5.85. The minimum Gasteiger partial charge on any atom is -0.345 e. The Morgan fingerprint density at radius 3 is 2.50 bits per heavy atom. The van der Waals surface area contributed by atoms with Crippen molar-refractivity contribution < 1.29 is 18.4 Å². The lowest BCUT2D eigenvalue weighted by Gasteiger charge is -2.36. The molecule has 0 bridgehead atoms. The van der Waals surface area contributed by atoms with Crippen molar-refractivity contribution in [2.24, 2.45) is 17.8 Å². The number of fused-ring (bicyclic) bond motifs is 1. The van der Waals surface area contributed by atoms with Gasteiger partial charge in [-0.3, -0.25) is 9.59 Å². The molecule has 2 aliphatic heterocycles. The summed E-state index contributed by atoms with van der Waals surface area (Å²) in [5, 5.41) is 0. The summed E-state index contributed by atoms with van der Waals surface area (Å²) in [6, 6.07) is 0. The Hall–Kier alpha value is -1.20. The third-order valence-electron chi connectivity index (χ3n) is 4.39. The second kappa shape index (κ2) is 3.65. The Morgan fingerprint density at radius 2 is 1.94 bits per heavy atom. The predicted octanol–water partition coefficient (Wildman–Crippen LogP) is 0.578. The van der Waals surface area contributed by atoms with E-state index in [1.165, 1.54) is 0 Å². The maximum atomic E-state index is 12.7. The molecule has 18 heavy (non-hydrogen) atoms. The standard InChI is InChI=1S/C12H16F2N2O2/c1-15-4-8-5-16(6-9(8)11(15)18)10(17)7-2-12(13,14)3-7/h7-9H,2-6H2,1H3/t8-,9+/m1/s1. The zero-order valence-corrected chi connectivity index (χ0v) is 10.2. The number of likely N-dealkylation sites (tertiary alicyclic amines) is 2. The van der Waals surface area contributed by atoms with Crippen molar-refractivity contribution in [2.75, 3.05) is 26.7 Å². The molecule has 2 heterocycles. The van der Waals surface area contributed by atoms with Crippen LogP contribution in [0.2, 0.25) is 0 Å². The summed E-state index contributed by atoms with van der Waals surface area (Å²) in [4.78, 5) is 27.1. The molecule has 3 rings (SSSR count). The van der Waals surface area contributed by atoms with Crippen LogP contribution in [0.25, 0.3) is 0 Å². The summed E-state index contributed by atoms with van der Waals surface area (Å²) in [7, 11) is 1.76. The molecule has 4 nitrogen and oxygen atoms in total. The maximum absolute atomic E-state index is 12.7. The molecule has 2 atom stereocenters. The van der Waals surface area contributed by atoms with Crippen LogP contribution in [0.4, 0.5) is 8.78 Å². The minimum atomic E-state index is -2.66. The number of carbonyl (C=O) groups excluding carboxylic acids is 2. The van der Waals surface area contributed by atoms with Crippen molar-refractivity contribution in [3.63, 3.8) is 0 Å². The molecule has 0 spiro atoms. The van der Waals surface area contributed by atoms with Gasteiger partial charge in [0.05, 0.1) is 5.92 Å². The maximum Gasteiger partial charge on any atom is 0.249 e. The number of amides is 2. The van der Waals surface area contributed by atoms with Gasteiger partial charge in [-0.1, -0.05) is 0 Å². The van der Waals surface area contributed by atoms with Gasteiger partial charge in [-0.2, -0.15) is 0 Å². The molecule has 0 radical (unpaired) electrons. The van der Waals surface area contributed by atoms with Crippen LogP contribution in [0.3, 0.4) is 0 Å². The number of nitrogens with zero attached hydrogens (tertiary/aromatic N) is 2. The Kier molecular flexibility index (Phi) is 2.40. The molecule has 0 N–H and O–H groups in total. The van der Waals surface area contributed by atoms with Gasteiger partial charge >= 0.3 is 0 Å². The summed E-state index contributed by atoms with van der Waals surface area (Å²) in [5.41, 5.74) is 0. The molecule has 6 heteroatoms. The van der Waals surface area contributed by atoms with Crippen molar-refractivity contribution >= 4 is 11.8 Å². The van der Waals surface area contributed by atoms with Gasteiger partial charge < -0.3 is 9.80 Å². The van der Waals surface area contributed by atoms with Gasteiger partial charge in [0.25, 0.3) is 0 Å². The lowest BCUT2D eigenvalue weighted by Crippen LogP contribution is -2.47. The first-order valence-corrected chi connectivity index (χ1v) is 6.29. The van der Waals surface area contributed by atoms with Crippen molar-refractivity contribution in [2.45, 2.75) is 18.8 Å². The zero-order chi connectivity index (χ0) is 13.1. The molecule has 0 aromatic carbocycles. The summed E-state index contributed by atoms with van der Waals surface area (Å²) >= 11 is 0. The number of hydrogen-bond acceptors (Lipinski definition) is 2. The largest absolute Gasteiger partial charge is 0.345 e. The highest BCUT2D eigenvalue weighted by Crippen LogP contribution is 2.44. The van der Waals surface area contributed by atoms with Gasteiger partial charge in [0.2, 0.25) is 17.7 Å². The molecule has 3 fully saturated rings. The molecule has 100 valence electrons. The SMILES string of the molecule is CN1C[C@@H]2CN(C(=O)C3CC(F)(F)C3)C[C@@H]2C1=O. The molecular weight excluding hydrogens is 242 g/mol. The summed E-state index contributed by atoms with van der Waals surface area (Å²) in [5.74, 6) is -3.23. The average molecular weight is 258 g/mol. The zero-order valence-electron chi connectivity index (χ0n) is 10.2. The minimum absolute atomic E-state index is 0.0780. The number of halogens is 2. The Balaban J connectivity index is 1.61. The fraction of sp³-hybridized carbons (Fsp3) is 0.833. The van der Waals surface area contributed by atoms with Crippen molar-refractivity contribution in [3.05, 3.63) is 0 Å². The normalized spacial score (nSPS) is 34.7. The molecule has 2 saturated heterocycles. The number of alkyl halides is 2. The highest BCUT2D eigenvalue weighted by atomic mass is 19.3. The van der Waals surface area contributed by atoms with Crippen LogP contribution in [0, 0.1) is 17.8 Å². The van der Waals surface area contributed by atoms with Gasteiger partial charge in [-0.25, -0.2) is 8.78 Å². The van der Waals surface area contributed by atoms with E-state index in [1.807, 2.05) is 0 Å². The van der Waals surface area contributed by atoms with Crippen molar-refractivity contribution in [3.8, 4) is 0 Å². The van der Waals surface area contributed by atoms with Crippen LogP contribution in [0.1, 0.15) is 12.8 Å². The van der Waals surface area contributed by atoms with Gasteiger partial charge in [-0.05, 0) is 0 Å². The second-order valence-electron chi connectivity index (χ2n) is 5.79. The third kappa shape index (κ3) is 1.69. The Bertz CT molecular complexity index is 405. The molecule has 1 saturated carbocycles. The monoisotopic (exact) mass is 258 g/mol. The lowest BCUT2D eigenvalue weighted by atomic mass is 9.80. The van der Waals surface area contributed by atoms with Crippen LogP contribution in [-0.2, 0) is 9.59 Å². The molecule has 0 unspecified atom stereocenters. The van der Waals surface area contributed by atoms with Crippen LogP contribution in [0.5, 0.6) is 0 Å². The van der Waals surface area contributed by atoms with E-state index in [2.05, 4.69) is 0 Å². The first-order chi connectivity index (χ1) is 8.37. The molecular formula is C12H16F2N2O2. The van der Waals surface area contributed by atoms with E-state index in [4.69, 9.17) is 0 Å². The average Bonchev–Trinajstić information content (AvgIpc) is 2.76. The smallest absolute Gasteiger partial charge is 0.249 e. The highest BCUT2D eigenvalue weighted by Gasteiger charge is 2.52. The fourth-order valence-electron chi connectivity index (χ4n) is 3.33. The van der Waals surface area contributed by atoms with E-state index in [0.717, 1.165) is 0 Å². The molecule has 0 aromatic heterocycles. The van der Waals surface area contributed by atoms with Crippen LogP contribution < -0.4 is 0 Å². The first kappa shape index (κ1) is 11.9. The quantitative estimate of drug-likeness (QED) is 0.690. The summed E-state index contributed by atoms with van der Waals surface area (Å²) < 4.78 is 25.5. The van der Waals surface area contributed by atoms with E-state index in [-0.39, 0.29) is 36.5 Å². The van der Waals surface area contributed by atoms with E-state index in [9.17, 15) is 18.4 Å². The van der Waals surface area contributed by atoms with E-state index >= 15 is 0 Å². The van der Waals surface area contributed by atoms with Crippen LogP contribution >= 0.6 is 0 Å².